The van der Waals surface area contributed by atoms with E-state index in [1.165, 1.54) is 17.4 Å². The maximum absolute atomic E-state index is 12.5. The van der Waals surface area contributed by atoms with Crippen molar-refractivity contribution in [1.29, 1.82) is 0 Å². The molecule has 1 N–H and O–H groups in total. The molecule has 36 heavy (non-hydrogen) atoms. The van der Waals surface area contributed by atoms with Crippen LogP contribution in [0.4, 0.5) is 5.69 Å². The van der Waals surface area contributed by atoms with Gasteiger partial charge in [0.2, 0.25) is 0 Å². The highest BCUT2D eigenvalue weighted by molar-refractivity contribution is 9.10. The number of nitrogens with one attached hydrogen (secondary N) is 1. The SMILES string of the molecule is CCN(CC)c1ccc(/C=N\NC(=O)CSc2nnc(-c3ccccc3)n2-c2ccc(Br)cc2)cc1. The Labute approximate surface area is 223 Å². The van der Waals surface area contributed by atoms with E-state index in [9.17, 15) is 4.79 Å². The van der Waals surface area contributed by atoms with E-state index >= 15 is 0 Å². The average molecular weight is 564 g/mol. The van der Waals surface area contributed by atoms with Crippen LogP contribution < -0.4 is 10.3 Å². The first kappa shape index (κ1) is 25.7. The quantitative estimate of drug-likeness (QED) is 0.150. The maximum Gasteiger partial charge on any atom is 0.250 e. The summed E-state index contributed by atoms with van der Waals surface area (Å²) in [5, 5.41) is 13.5. The van der Waals surface area contributed by atoms with Crippen molar-refractivity contribution >= 4 is 45.5 Å². The molecule has 0 aliphatic rings. The number of carbonyl (C=O) groups excluding carboxylic acids is 1. The molecule has 0 radical (unpaired) electrons. The Morgan fingerprint density at radius 3 is 2.36 bits per heavy atom. The average Bonchev–Trinajstić information content (AvgIpc) is 3.34. The minimum atomic E-state index is -0.220. The molecule has 4 rings (SSSR count). The number of hydrazone groups is 1. The molecule has 1 amide bonds. The highest BCUT2D eigenvalue weighted by atomic mass is 79.9. The number of thioether (sulfide) groups is 1. The predicted molar refractivity (Wildman–Crippen MR) is 151 cm³/mol. The summed E-state index contributed by atoms with van der Waals surface area (Å²) in [5.41, 5.74) is 6.55. The maximum atomic E-state index is 12.5. The summed E-state index contributed by atoms with van der Waals surface area (Å²) < 4.78 is 2.94. The Morgan fingerprint density at radius 1 is 1.00 bits per heavy atom. The molecular weight excluding hydrogens is 536 g/mol. The summed E-state index contributed by atoms with van der Waals surface area (Å²) in [5.74, 6) is 0.649. The number of aromatic nitrogens is 3. The van der Waals surface area contributed by atoms with Gasteiger partial charge >= 0.3 is 0 Å². The third-order valence-electron chi connectivity index (χ3n) is 5.51. The molecule has 0 aliphatic heterocycles. The van der Waals surface area contributed by atoms with Gasteiger partial charge in [0.15, 0.2) is 11.0 Å². The first-order valence-corrected chi connectivity index (χ1v) is 13.4. The van der Waals surface area contributed by atoms with Gasteiger partial charge in [0, 0.05) is 34.5 Å². The molecule has 0 saturated carbocycles. The number of benzene rings is 3. The summed E-state index contributed by atoms with van der Waals surface area (Å²) in [6.07, 6.45) is 1.65. The van der Waals surface area contributed by atoms with Gasteiger partial charge in [-0.05, 0) is 55.8 Å². The highest BCUT2D eigenvalue weighted by Crippen LogP contribution is 2.28. The van der Waals surface area contributed by atoms with Crippen LogP contribution in [0.25, 0.3) is 17.1 Å². The first-order valence-electron chi connectivity index (χ1n) is 11.7. The van der Waals surface area contributed by atoms with Crippen LogP contribution in [0.15, 0.2) is 93.6 Å². The number of nitrogens with zero attached hydrogens (tertiary/aromatic N) is 5. The molecule has 1 heterocycles. The summed E-state index contributed by atoms with van der Waals surface area (Å²) in [7, 11) is 0. The standard InChI is InChI=1S/C27H27BrN6OS/c1-3-33(4-2)23-14-10-20(11-15-23)18-29-30-25(35)19-36-27-32-31-26(21-8-6-5-7-9-21)34(27)24-16-12-22(28)13-17-24/h5-18H,3-4,19H2,1-2H3,(H,30,35)/b29-18-. The van der Waals surface area contributed by atoms with Crippen LogP contribution in [-0.2, 0) is 4.79 Å². The van der Waals surface area contributed by atoms with Gasteiger partial charge in [-0.15, -0.1) is 10.2 Å². The molecule has 3 aromatic carbocycles. The zero-order valence-electron chi connectivity index (χ0n) is 20.1. The zero-order valence-corrected chi connectivity index (χ0v) is 22.5. The summed E-state index contributed by atoms with van der Waals surface area (Å²) >= 11 is 4.80. The van der Waals surface area contributed by atoms with Crippen molar-refractivity contribution in [3.05, 3.63) is 88.9 Å². The van der Waals surface area contributed by atoms with Crippen LogP contribution in [-0.4, -0.2) is 45.7 Å². The van der Waals surface area contributed by atoms with Crippen LogP contribution in [0, 0.1) is 0 Å². The Morgan fingerprint density at radius 2 is 1.69 bits per heavy atom. The van der Waals surface area contributed by atoms with Gasteiger partial charge in [0.25, 0.3) is 5.91 Å². The number of hydrogen-bond donors (Lipinski definition) is 1. The predicted octanol–water partition coefficient (Wildman–Crippen LogP) is 5.79. The van der Waals surface area contributed by atoms with E-state index in [2.05, 4.69) is 67.5 Å². The fourth-order valence-electron chi connectivity index (χ4n) is 3.66. The molecule has 9 heteroatoms. The normalized spacial score (nSPS) is 11.1. The minimum Gasteiger partial charge on any atom is -0.372 e. The number of amides is 1. The zero-order chi connectivity index (χ0) is 25.3. The molecule has 0 aliphatic carbocycles. The lowest BCUT2D eigenvalue weighted by atomic mass is 10.2. The van der Waals surface area contributed by atoms with Gasteiger partial charge in [0.05, 0.1) is 12.0 Å². The second-order valence-corrected chi connectivity index (χ2v) is 9.69. The van der Waals surface area contributed by atoms with Gasteiger partial charge in [-0.25, -0.2) is 5.43 Å². The molecule has 0 bridgehead atoms. The fraction of sp³-hybridized carbons (Fsp3) is 0.185. The molecule has 1 aromatic heterocycles. The van der Waals surface area contributed by atoms with Crippen molar-refractivity contribution in [3.8, 4) is 17.1 Å². The van der Waals surface area contributed by atoms with E-state index in [0.29, 0.717) is 11.0 Å². The van der Waals surface area contributed by atoms with Crippen LogP contribution in [0.2, 0.25) is 0 Å². The van der Waals surface area contributed by atoms with Crippen molar-refractivity contribution in [2.45, 2.75) is 19.0 Å². The Bertz CT molecular complexity index is 1300. The molecular formula is C27H27BrN6OS. The van der Waals surface area contributed by atoms with Crippen LogP contribution >= 0.6 is 27.7 Å². The van der Waals surface area contributed by atoms with Crippen LogP contribution in [0.1, 0.15) is 19.4 Å². The van der Waals surface area contributed by atoms with E-state index in [1.807, 2.05) is 71.3 Å². The smallest absolute Gasteiger partial charge is 0.250 e. The molecule has 184 valence electrons. The van der Waals surface area contributed by atoms with E-state index in [4.69, 9.17) is 0 Å². The third kappa shape index (κ3) is 6.41. The molecule has 0 unspecified atom stereocenters. The van der Waals surface area contributed by atoms with Gasteiger partial charge < -0.3 is 4.90 Å². The highest BCUT2D eigenvalue weighted by Gasteiger charge is 2.17. The van der Waals surface area contributed by atoms with Gasteiger partial charge in [0.1, 0.15) is 0 Å². The Kier molecular flexibility index (Phi) is 8.91. The van der Waals surface area contributed by atoms with Crippen molar-refractivity contribution in [3.63, 3.8) is 0 Å². The molecule has 7 nitrogen and oxygen atoms in total. The minimum absolute atomic E-state index is 0.154. The van der Waals surface area contributed by atoms with Gasteiger partial charge in [-0.3, -0.25) is 9.36 Å². The van der Waals surface area contributed by atoms with E-state index < -0.39 is 0 Å². The first-order chi connectivity index (χ1) is 17.6. The van der Waals surface area contributed by atoms with Crippen molar-refractivity contribution in [2.75, 3.05) is 23.7 Å². The molecule has 0 fully saturated rings. The van der Waals surface area contributed by atoms with E-state index in [1.54, 1.807) is 6.21 Å². The number of rotatable bonds is 10. The molecule has 0 atom stereocenters. The van der Waals surface area contributed by atoms with E-state index in [0.717, 1.165) is 34.4 Å². The fourth-order valence-corrected chi connectivity index (χ4v) is 4.67. The van der Waals surface area contributed by atoms with Crippen molar-refractivity contribution < 1.29 is 4.79 Å². The Hall–Kier alpha value is -3.43. The third-order valence-corrected chi connectivity index (χ3v) is 6.96. The molecule has 4 aromatic rings. The number of carbonyl (C=O) groups is 1. The monoisotopic (exact) mass is 562 g/mol. The lowest BCUT2D eigenvalue weighted by Crippen LogP contribution is -2.21. The number of anilines is 1. The molecule has 0 spiro atoms. The number of hydrogen-bond acceptors (Lipinski definition) is 6. The van der Waals surface area contributed by atoms with Gasteiger partial charge in [-0.2, -0.15) is 5.10 Å². The number of halogens is 1. The van der Waals surface area contributed by atoms with Gasteiger partial charge in [-0.1, -0.05) is 70.2 Å². The van der Waals surface area contributed by atoms with E-state index in [-0.39, 0.29) is 11.7 Å². The second-order valence-electron chi connectivity index (χ2n) is 7.83. The van der Waals surface area contributed by atoms with Crippen molar-refractivity contribution in [2.24, 2.45) is 5.10 Å². The molecule has 0 saturated heterocycles. The lowest BCUT2D eigenvalue weighted by molar-refractivity contribution is -0.118. The largest absolute Gasteiger partial charge is 0.372 e. The summed E-state index contributed by atoms with van der Waals surface area (Å²) in [6, 6.07) is 25.9. The lowest BCUT2D eigenvalue weighted by Gasteiger charge is -2.20. The van der Waals surface area contributed by atoms with Crippen molar-refractivity contribution in [1.82, 2.24) is 20.2 Å². The Balaban J connectivity index is 1.42. The summed E-state index contributed by atoms with van der Waals surface area (Å²) in [6.45, 7) is 6.19. The van der Waals surface area contributed by atoms with Crippen LogP contribution in [0.3, 0.4) is 0 Å². The topological polar surface area (TPSA) is 75.4 Å². The summed E-state index contributed by atoms with van der Waals surface area (Å²) in [4.78, 5) is 14.8. The van der Waals surface area contributed by atoms with Crippen LogP contribution in [0.5, 0.6) is 0 Å². The second kappa shape index (κ2) is 12.5.